The van der Waals surface area contributed by atoms with Gasteiger partial charge in [0.15, 0.2) is 0 Å². The van der Waals surface area contributed by atoms with Crippen LogP contribution in [0.4, 0.5) is 5.69 Å². The molecule has 1 aromatic carbocycles. The third kappa shape index (κ3) is 4.37. The van der Waals surface area contributed by atoms with Crippen LogP contribution in [-0.2, 0) is 4.79 Å². The zero-order valence-electron chi connectivity index (χ0n) is 11.7. The summed E-state index contributed by atoms with van der Waals surface area (Å²) < 4.78 is 0. The van der Waals surface area contributed by atoms with Crippen LogP contribution < -0.4 is 10.6 Å². The lowest BCUT2D eigenvalue weighted by atomic mass is 10.1. The number of nitrogens with one attached hydrogen (secondary N) is 2. The summed E-state index contributed by atoms with van der Waals surface area (Å²) >= 11 is 0. The van der Waals surface area contributed by atoms with Gasteiger partial charge in [-0.3, -0.25) is 4.79 Å². The van der Waals surface area contributed by atoms with Crippen molar-refractivity contribution in [2.24, 2.45) is 0 Å². The quantitative estimate of drug-likeness (QED) is 0.722. The first kappa shape index (κ1) is 14.5. The topological polar surface area (TPSA) is 61.4 Å². The largest absolute Gasteiger partial charge is 0.505 e. The Hall–Kier alpha value is -1.55. The number of aromatic hydroxyl groups is 1. The SMILES string of the molecule is Cc1cc(C)c(O)c(NC(=O)CNC(C)(C)C)c1. The molecule has 0 aliphatic heterocycles. The molecule has 0 aliphatic carbocycles. The summed E-state index contributed by atoms with van der Waals surface area (Å²) in [6.07, 6.45) is 0. The van der Waals surface area contributed by atoms with Gasteiger partial charge in [0, 0.05) is 5.54 Å². The lowest BCUT2D eigenvalue weighted by molar-refractivity contribution is -0.115. The van der Waals surface area contributed by atoms with Crippen LogP contribution in [0.5, 0.6) is 5.75 Å². The number of phenols is 1. The van der Waals surface area contributed by atoms with E-state index >= 15 is 0 Å². The summed E-state index contributed by atoms with van der Waals surface area (Å²) in [6.45, 7) is 9.94. The lowest BCUT2D eigenvalue weighted by Gasteiger charge is -2.20. The van der Waals surface area contributed by atoms with Crippen LogP contribution in [0.3, 0.4) is 0 Å². The van der Waals surface area contributed by atoms with Crippen LogP contribution in [0, 0.1) is 13.8 Å². The maximum Gasteiger partial charge on any atom is 0.238 e. The van der Waals surface area contributed by atoms with E-state index in [4.69, 9.17) is 0 Å². The van der Waals surface area contributed by atoms with Crippen LogP contribution in [0.15, 0.2) is 12.1 Å². The molecule has 1 rings (SSSR count). The predicted molar refractivity (Wildman–Crippen MR) is 74.0 cm³/mol. The van der Waals surface area contributed by atoms with Gasteiger partial charge < -0.3 is 15.7 Å². The Morgan fingerprint density at radius 1 is 1.28 bits per heavy atom. The molecule has 0 aromatic heterocycles. The number of carbonyl (C=O) groups is 1. The molecule has 3 N–H and O–H groups in total. The monoisotopic (exact) mass is 250 g/mol. The third-order valence-electron chi connectivity index (χ3n) is 2.50. The fourth-order valence-electron chi connectivity index (χ4n) is 1.60. The number of amides is 1. The zero-order valence-corrected chi connectivity index (χ0v) is 11.7. The van der Waals surface area contributed by atoms with Crippen molar-refractivity contribution >= 4 is 11.6 Å². The summed E-state index contributed by atoms with van der Waals surface area (Å²) in [5.74, 6) is -0.0325. The summed E-state index contributed by atoms with van der Waals surface area (Å²) in [7, 11) is 0. The summed E-state index contributed by atoms with van der Waals surface area (Å²) in [5.41, 5.74) is 2.12. The van der Waals surface area contributed by atoms with Crippen molar-refractivity contribution in [3.63, 3.8) is 0 Å². The second kappa shape index (κ2) is 5.40. The van der Waals surface area contributed by atoms with E-state index in [0.29, 0.717) is 5.69 Å². The van der Waals surface area contributed by atoms with Crippen LogP contribution in [0.25, 0.3) is 0 Å². The number of hydrogen-bond donors (Lipinski definition) is 3. The molecule has 4 heteroatoms. The van der Waals surface area contributed by atoms with E-state index in [0.717, 1.165) is 11.1 Å². The van der Waals surface area contributed by atoms with Crippen LogP contribution in [0.1, 0.15) is 31.9 Å². The van der Waals surface area contributed by atoms with Crippen molar-refractivity contribution in [3.8, 4) is 5.75 Å². The molecular weight excluding hydrogens is 228 g/mol. The molecule has 18 heavy (non-hydrogen) atoms. The Bertz CT molecular complexity index is 448. The van der Waals surface area contributed by atoms with Gasteiger partial charge in [0.2, 0.25) is 5.91 Å². The molecule has 1 amide bonds. The first-order chi connectivity index (χ1) is 8.19. The zero-order chi connectivity index (χ0) is 13.9. The highest BCUT2D eigenvalue weighted by atomic mass is 16.3. The van der Waals surface area contributed by atoms with Gasteiger partial charge in [-0.2, -0.15) is 0 Å². The van der Waals surface area contributed by atoms with E-state index in [-0.39, 0.29) is 23.7 Å². The van der Waals surface area contributed by atoms with Gasteiger partial charge in [0.1, 0.15) is 5.75 Å². The second-order valence-electron chi connectivity index (χ2n) is 5.63. The van der Waals surface area contributed by atoms with Gasteiger partial charge in [-0.1, -0.05) is 6.07 Å². The maximum atomic E-state index is 11.7. The average Bonchev–Trinajstić information content (AvgIpc) is 2.21. The first-order valence-electron chi connectivity index (χ1n) is 6.04. The number of benzene rings is 1. The highest BCUT2D eigenvalue weighted by Gasteiger charge is 2.13. The van der Waals surface area contributed by atoms with Gasteiger partial charge in [0.25, 0.3) is 0 Å². The molecule has 0 unspecified atom stereocenters. The Labute approximate surface area is 108 Å². The summed E-state index contributed by atoms with van der Waals surface area (Å²) in [6, 6.07) is 3.63. The first-order valence-corrected chi connectivity index (χ1v) is 6.04. The van der Waals surface area contributed by atoms with Crippen molar-refractivity contribution in [3.05, 3.63) is 23.3 Å². The Morgan fingerprint density at radius 2 is 1.89 bits per heavy atom. The minimum Gasteiger partial charge on any atom is -0.505 e. The molecule has 0 aliphatic rings. The van der Waals surface area contributed by atoms with Gasteiger partial charge >= 0.3 is 0 Å². The minimum atomic E-state index is -0.162. The molecule has 0 atom stereocenters. The lowest BCUT2D eigenvalue weighted by Crippen LogP contribution is -2.41. The van der Waals surface area contributed by atoms with Crippen LogP contribution in [0.2, 0.25) is 0 Å². The van der Waals surface area contributed by atoms with Gasteiger partial charge in [-0.15, -0.1) is 0 Å². The van der Waals surface area contributed by atoms with E-state index in [1.807, 2.05) is 40.7 Å². The number of carbonyl (C=O) groups excluding carboxylic acids is 1. The summed E-state index contributed by atoms with van der Waals surface area (Å²) in [4.78, 5) is 11.7. The molecule has 0 fully saturated rings. The van der Waals surface area contributed by atoms with Gasteiger partial charge in [0.05, 0.1) is 12.2 Å². The molecule has 0 saturated heterocycles. The number of anilines is 1. The third-order valence-corrected chi connectivity index (χ3v) is 2.50. The van der Waals surface area contributed by atoms with E-state index in [1.165, 1.54) is 0 Å². The molecule has 4 nitrogen and oxygen atoms in total. The van der Waals surface area contributed by atoms with E-state index < -0.39 is 0 Å². The molecule has 0 spiro atoms. The molecule has 0 saturated carbocycles. The van der Waals surface area contributed by atoms with Crippen molar-refractivity contribution in [1.82, 2.24) is 5.32 Å². The molecule has 0 bridgehead atoms. The van der Waals surface area contributed by atoms with E-state index in [9.17, 15) is 9.90 Å². The molecule has 1 aromatic rings. The van der Waals surface area contributed by atoms with Crippen molar-refractivity contribution in [2.45, 2.75) is 40.2 Å². The van der Waals surface area contributed by atoms with E-state index in [1.54, 1.807) is 6.07 Å². The smallest absolute Gasteiger partial charge is 0.238 e. The minimum absolute atomic E-state index is 0.109. The Morgan fingerprint density at radius 3 is 2.44 bits per heavy atom. The highest BCUT2D eigenvalue weighted by molar-refractivity contribution is 5.94. The molecule has 100 valence electrons. The van der Waals surface area contributed by atoms with Crippen molar-refractivity contribution < 1.29 is 9.90 Å². The standard InChI is InChI=1S/C14H22N2O2/c1-9-6-10(2)13(18)11(7-9)16-12(17)8-15-14(3,4)5/h6-7,15,18H,8H2,1-5H3,(H,16,17). The Balaban J connectivity index is 2.71. The van der Waals surface area contributed by atoms with Crippen LogP contribution >= 0.6 is 0 Å². The van der Waals surface area contributed by atoms with E-state index in [2.05, 4.69) is 10.6 Å². The Kier molecular flexibility index (Phi) is 4.35. The number of phenolic OH excluding ortho intramolecular Hbond substituents is 1. The number of aryl methyl sites for hydroxylation is 2. The van der Waals surface area contributed by atoms with Crippen molar-refractivity contribution in [2.75, 3.05) is 11.9 Å². The number of rotatable bonds is 3. The molecule has 0 heterocycles. The number of hydrogen-bond acceptors (Lipinski definition) is 3. The van der Waals surface area contributed by atoms with Gasteiger partial charge in [-0.05, 0) is 51.8 Å². The fraction of sp³-hybridized carbons (Fsp3) is 0.500. The average molecular weight is 250 g/mol. The fourth-order valence-corrected chi connectivity index (χ4v) is 1.60. The maximum absolute atomic E-state index is 11.7. The van der Waals surface area contributed by atoms with Crippen molar-refractivity contribution in [1.29, 1.82) is 0 Å². The summed E-state index contributed by atoms with van der Waals surface area (Å²) in [5, 5.41) is 15.7. The van der Waals surface area contributed by atoms with Crippen LogP contribution in [-0.4, -0.2) is 23.1 Å². The predicted octanol–water partition coefficient (Wildman–Crippen LogP) is 2.34. The second-order valence-corrected chi connectivity index (χ2v) is 5.63. The normalized spacial score (nSPS) is 11.4. The highest BCUT2D eigenvalue weighted by Crippen LogP contribution is 2.28. The molecular formula is C14H22N2O2. The van der Waals surface area contributed by atoms with Gasteiger partial charge in [-0.25, -0.2) is 0 Å². The molecule has 0 radical (unpaired) electrons.